The molecule has 2 rings (SSSR count). The Hall–Kier alpha value is -0.950. The summed E-state index contributed by atoms with van der Waals surface area (Å²) < 4.78 is 26.9. The molecule has 0 spiro atoms. The molecule has 0 radical (unpaired) electrons. The van der Waals surface area contributed by atoms with Crippen LogP contribution in [-0.4, -0.2) is 46.0 Å². The number of likely N-dealkylation sites (N-methyl/N-ethyl adjacent to an activating group) is 1. The molecule has 1 aliphatic rings. The van der Waals surface area contributed by atoms with Crippen molar-refractivity contribution in [3.05, 3.63) is 29.8 Å². The standard InChI is InChI=1S/C14H23N3O2S/c1-17(13-4-5-13)11-10-16-20(18,19)14-6-2-12(3-7-14)8-9-15/h2-3,6-7,13,16H,4-5,8-11,15H2,1H3. The van der Waals surface area contributed by atoms with E-state index in [0.717, 1.165) is 18.5 Å². The number of benzene rings is 1. The van der Waals surface area contributed by atoms with Crippen molar-refractivity contribution in [3.63, 3.8) is 0 Å². The molecule has 0 bridgehead atoms. The van der Waals surface area contributed by atoms with Crippen molar-refractivity contribution in [1.82, 2.24) is 9.62 Å². The maximum atomic E-state index is 12.1. The quantitative estimate of drug-likeness (QED) is 0.735. The van der Waals surface area contributed by atoms with E-state index in [-0.39, 0.29) is 0 Å². The molecule has 1 saturated carbocycles. The second-order valence-electron chi connectivity index (χ2n) is 5.29. The summed E-state index contributed by atoms with van der Waals surface area (Å²) in [5.41, 5.74) is 6.53. The molecule has 1 aromatic rings. The molecule has 0 aliphatic heterocycles. The van der Waals surface area contributed by atoms with Gasteiger partial charge in [-0.1, -0.05) is 12.1 Å². The molecule has 1 fully saturated rings. The van der Waals surface area contributed by atoms with Crippen molar-refractivity contribution in [1.29, 1.82) is 0 Å². The Kier molecular flexibility index (Phi) is 5.15. The van der Waals surface area contributed by atoms with E-state index in [4.69, 9.17) is 5.73 Å². The summed E-state index contributed by atoms with van der Waals surface area (Å²) in [6.45, 7) is 1.76. The lowest BCUT2D eigenvalue weighted by Crippen LogP contribution is -2.33. The first-order valence-corrected chi connectivity index (χ1v) is 8.50. The number of nitrogens with one attached hydrogen (secondary N) is 1. The molecular formula is C14H23N3O2S. The molecule has 20 heavy (non-hydrogen) atoms. The zero-order valence-corrected chi connectivity index (χ0v) is 12.7. The van der Waals surface area contributed by atoms with Crippen molar-refractivity contribution in [2.24, 2.45) is 5.73 Å². The molecule has 3 N–H and O–H groups in total. The predicted octanol–water partition coefficient (Wildman–Crippen LogP) is 0.560. The van der Waals surface area contributed by atoms with Gasteiger partial charge in [0.15, 0.2) is 0 Å². The van der Waals surface area contributed by atoms with Gasteiger partial charge in [-0.3, -0.25) is 0 Å². The predicted molar refractivity (Wildman–Crippen MR) is 80.0 cm³/mol. The maximum absolute atomic E-state index is 12.1. The first-order chi connectivity index (χ1) is 9.53. The molecule has 112 valence electrons. The lowest BCUT2D eigenvalue weighted by molar-refractivity contribution is 0.329. The number of sulfonamides is 1. The van der Waals surface area contributed by atoms with Gasteiger partial charge in [-0.05, 0) is 50.6 Å². The fourth-order valence-corrected chi connectivity index (χ4v) is 3.16. The van der Waals surface area contributed by atoms with Gasteiger partial charge in [0, 0.05) is 19.1 Å². The fraction of sp³-hybridized carbons (Fsp3) is 0.571. The minimum absolute atomic E-state index is 0.312. The molecule has 5 nitrogen and oxygen atoms in total. The second kappa shape index (κ2) is 6.67. The van der Waals surface area contributed by atoms with Crippen molar-refractivity contribution < 1.29 is 8.42 Å². The molecule has 6 heteroatoms. The largest absolute Gasteiger partial charge is 0.330 e. The third-order valence-electron chi connectivity index (χ3n) is 3.59. The highest BCUT2D eigenvalue weighted by atomic mass is 32.2. The van der Waals surface area contributed by atoms with Crippen molar-refractivity contribution >= 4 is 10.0 Å². The molecule has 0 amide bonds. The molecule has 0 aromatic heterocycles. The van der Waals surface area contributed by atoms with Gasteiger partial charge in [-0.25, -0.2) is 13.1 Å². The summed E-state index contributed by atoms with van der Waals surface area (Å²) in [5.74, 6) is 0. The lowest BCUT2D eigenvalue weighted by atomic mass is 10.2. The Balaban J connectivity index is 1.88. The average molecular weight is 297 g/mol. The normalized spacial score (nSPS) is 15.8. The Morgan fingerprint density at radius 2 is 1.95 bits per heavy atom. The minimum atomic E-state index is -3.40. The van der Waals surface area contributed by atoms with Gasteiger partial charge < -0.3 is 10.6 Å². The van der Waals surface area contributed by atoms with Crippen LogP contribution in [0.15, 0.2) is 29.2 Å². The average Bonchev–Trinajstić information content (AvgIpc) is 3.24. The molecule has 1 aliphatic carbocycles. The number of nitrogens with zero attached hydrogens (tertiary/aromatic N) is 1. The van der Waals surface area contributed by atoms with E-state index in [1.165, 1.54) is 12.8 Å². The molecule has 0 saturated heterocycles. The summed E-state index contributed by atoms with van der Waals surface area (Å²) in [6, 6.07) is 7.56. The monoisotopic (exact) mass is 297 g/mol. The highest BCUT2D eigenvalue weighted by Crippen LogP contribution is 2.24. The zero-order chi connectivity index (χ0) is 14.6. The Morgan fingerprint density at radius 3 is 2.50 bits per heavy atom. The van der Waals surface area contributed by atoms with Gasteiger partial charge >= 0.3 is 0 Å². The third kappa shape index (κ3) is 4.28. The third-order valence-corrected chi connectivity index (χ3v) is 5.07. The Labute approximate surface area is 121 Å². The Bertz CT molecular complexity index is 524. The minimum Gasteiger partial charge on any atom is -0.330 e. The van der Waals surface area contributed by atoms with E-state index in [1.54, 1.807) is 12.1 Å². The van der Waals surface area contributed by atoms with E-state index < -0.39 is 10.0 Å². The van der Waals surface area contributed by atoms with Gasteiger partial charge in [0.2, 0.25) is 10.0 Å². The smallest absolute Gasteiger partial charge is 0.240 e. The van der Waals surface area contributed by atoms with Crippen LogP contribution in [-0.2, 0) is 16.4 Å². The van der Waals surface area contributed by atoms with Crippen LogP contribution in [0.25, 0.3) is 0 Å². The number of hydrogen-bond acceptors (Lipinski definition) is 4. The van der Waals surface area contributed by atoms with E-state index in [0.29, 0.717) is 24.0 Å². The summed E-state index contributed by atoms with van der Waals surface area (Å²) >= 11 is 0. The van der Waals surface area contributed by atoms with Gasteiger partial charge in [-0.15, -0.1) is 0 Å². The van der Waals surface area contributed by atoms with Crippen LogP contribution in [0, 0.1) is 0 Å². The van der Waals surface area contributed by atoms with Crippen LogP contribution in [0.2, 0.25) is 0 Å². The van der Waals surface area contributed by atoms with Crippen molar-refractivity contribution in [2.45, 2.75) is 30.2 Å². The van der Waals surface area contributed by atoms with Crippen LogP contribution in [0.5, 0.6) is 0 Å². The van der Waals surface area contributed by atoms with Gasteiger partial charge in [0.25, 0.3) is 0 Å². The van der Waals surface area contributed by atoms with Crippen LogP contribution in [0.1, 0.15) is 18.4 Å². The molecular weight excluding hydrogens is 274 g/mol. The van der Waals surface area contributed by atoms with Crippen LogP contribution in [0.3, 0.4) is 0 Å². The first kappa shape index (κ1) is 15.4. The lowest BCUT2D eigenvalue weighted by Gasteiger charge is -2.15. The second-order valence-corrected chi connectivity index (χ2v) is 7.06. The molecule has 1 aromatic carbocycles. The van der Waals surface area contributed by atoms with E-state index >= 15 is 0 Å². The maximum Gasteiger partial charge on any atom is 0.240 e. The summed E-state index contributed by atoms with van der Waals surface area (Å²) in [6.07, 6.45) is 3.22. The van der Waals surface area contributed by atoms with Crippen LogP contribution < -0.4 is 10.5 Å². The SMILES string of the molecule is CN(CCNS(=O)(=O)c1ccc(CCN)cc1)C1CC1. The highest BCUT2D eigenvalue weighted by molar-refractivity contribution is 7.89. The van der Waals surface area contributed by atoms with Crippen molar-refractivity contribution in [3.8, 4) is 0 Å². The van der Waals surface area contributed by atoms with Gasteiger partial charge in [0.05, 0.1) is 4.90 Å². The topological polar surface area (TPSA) is 75.4 Å². The number of rotatable bonds is 8. The summed E-state index contributed by atoms with van der Waals surface area (Å²) in [4.78, 5) is 2.51. The van der Waals surface area contributed by atoms with E-state index in [9.17, 15) is 8.42 Å². The van der Waals surface area contributed by atoms with Gasteiger partial charge in [0.1, 0.15) is 0 Å². The molecule has 0 atom stereocenters. The zero-order valence-electron chi connectivity index (χ0n) is 11.9. The Morgan fingerprint density at radius 1 is 1.30 bits per heavy atom. The molecule has 0 unspecified atom stereocenters. The van der Waals surface area contributed by atoms with E-state index in [1.807, 2.05) is 19.2 Å². The highest BCUT2D eigenvalue weighted by Gasteiger charge is 2.25. The summed E-state index contributed by atoms with van der Waals surface area (Å²) in [7, 11) is -1.37. The van der Waals surface area contributed by atoms with Gasteiger partial charge in [-0.2, -0.15) is 0 Å². The van der Waals surface area contributed by atoms with Crippen LogP contribution >= 0.6 is 0 Å². The molecule has 0 heterocycles. The first-order valence-electron chi connectivity index (χ1n) is 7.02. The fourth-order valence-electron chi connectivity index (χ4n) is 2.14. The van der Waals surface area contributed by atoms with E-state index in [2.05, 4.69) is 9.62 Å². The number of hydrogen-bond donors (Lipinski definition) is 2. The number of nitrogens with two attached hydrogens (primary N) is 1. The van der Waals surface area contributed by atoms with Crippen molar-refractivity contribution in [2.75, 3.05) is 26.7 Å². The van der Waals surface area contributed by atoms with Crippen LogP contribution in [0.4, 0.5) is 0 Å². The summed E-state index contributed by atoms with van der Waals surface area (Å²) in [5, 5.41) is 0.